The molecule has 0 radical (unpaired) electrons. The van der Waals surface area contributed by atoms with Gasteiger partial charge in [0.05, 0.1) is 10.6 Å². The van der Waals surface area contributed by atoms with E-state index in [-0.39, 0.29) is 5.91 Å². The Morgan fingerprint density at radius 3 is 2.66 bits per heavy atom. The van der Waals surface area contributed by atoms with Crippen molar-refractivity contribution < 1.29 is 4.79 Å². The Morgan fingerprint density at radius 1 is 1.17 bits per heavy atom. The van der Waals surface area contributed by atoms with Gasteiger partial charge in [0, 0.05) is 31.9 Å². The Morgan fingerprint density at radius 2 is 1.97 bits per heavy atom. The normalized spacial score (nSPS) is 13.8. The molecule has 4 rings (SSSR count). The summed E-state index contributed by atoms with van der Waals surface area (Å²) in [4.78, 5) is 15.8. The molecule has 152 valence electrons. The number of thioether (sulfide) groups is 1. The van der Waals surface area contributed by atoms with Crippen LogP contribution in [0.25, 0.3) is 10.7 Å². The van der Waals surface area contributed by atoms with Crippen molar-refractivity contribution in [3.63, 3.8) is 0 Å². The van der Waals surface area contributed by atoms with Crippen LogP contribution in [0.1, 0.15) is 25.3 Å². The summed E-state index contributed by atoms with van der Waals surface area (Å²) >= 11 is 3.07. The van der Waals surface area contributed by atoms with E-state index in [2.05, 4.69) is 56.2 Å². The van der Waals surface area contributed by atoms with Gasteiger partial charge in [0.2, 0.25) is 5.91 Å². The third-order valence-corrected chi connectivity index (χ3v) is 6.84. The second-order valence-electron chi connectivity index (χ2n) is 6.95. The van der Waals surface area contributed by atoms with Crippen molar-refractivity contribution >= 4 is 34.7 Å². The Hall–Kier alpha value is -2.32. The van der Waals surface area contributed by atoms with Crippen LogP contribution < -0.4 is 10.2 Å². The van der Waals surface area contributed by atoms with Crippen molar-refractivity contribution in [1.29, 1.82) is 0 Å². The molecule has 1 amide bonds. The maximum Gasteiger partial charge on any atom is 0.230 e. The highest BCUT2D eigenvalue weighted by molar-refractivity contribution is 7.99. The largest absolute Gasteiger partial charge is 0.372 e. The number of rotatable bonds is 8. The lowest BCUT2D eigenvalue weighted by Crippen LogP contribution is -2.24. The summed E-state index contributed by atoms with van der Waals surface area (Å²) in [5, 5.41) is 14.4. The number of amides is 1. The molecule has 1 fully saturated rings. The number of hydrogen-bond acceptors (Lipinski definition) is 6. The summed E-state index contributed by atoms with van der Waals surface area (Å²) < 4.78 is 2.06. The van der Waals surface area contributed by atoms with Gasteiger partial charge in [-0.25, -0.2) is 0 Å². The van der Waals surface area contributed by atoms with Crippen molar-refractivity contribution in [1.82, 2.24) is 20.1 Å². The smallest absolute Gasteiger partial charge is 0.230 e. The van der Waals surface area contributed by atoms with Gasteiger partial charge in [-0.05, 0) is 48.9 Å². The summed E-state index contributed by atoms with van der Waals surface area (Å²) in [5.41, 5.74) is 2.39. The topological polar surface area (TPSA) is 63.1 Å². The predicted molar refractivity (Wildman–Crippen MR) is 119 cm³/mol. The van der Waals surface area contributed by atoms with Gasteiger partial charge in [0.25, 0.3) is 0 Å². The maximum atomic E-state index is 12.3. The van der Waals surface area contributed by atoms with E-state index in [1.165, 1.54) is 30.3 Å². The summed E-state index contributed by atoms with van der Waals surface area (Å²) in [6, 6.07) is 12.5. The molecule has 1 saturated heterocycles. The molecule has 1 aliphatic rings. The first-order chi connectivity index (χ1) is 14.2. The summed E-state index contributed by atoms with van der Waals surface area (Å²) in [6.45, 7) is 5.66. The van der Waals surface area contributed by atoms with Crippen LogP contribution in [-0.2, 0) is 17.9 Å². The monoisotopic (exact) mass is 427 g/mol. The lowest BCUT2D eigenvalue weighted by Gasteiger charge is -2.17. The molecule has 29 heavy (non-hydrogen) atoms. The van der Waals surface area contributed by atoms with Gasteiger partial charge in [0.1, 0.15) is 0 Å². The molecule has 1 N–H and O–H groups in total. The molecule has 3 aromatic rings. The van der Waals surface area contributed by atoms with Crippen LogP contribution in [0.5, 0.6) is 0 Å². The molecule has 0 saturated carbocycles. The Bertz CT molecular complexity index is 931. The molecular formula is C21H25N5OS2. The first kappa shape index (κ1) is 20.0. The van der Waals surface area contributed by atoms with Gasteiger partial charge in [-0.15, -0.1) is 21.5 Å². The van der Waals surface area contributed by atoms with Gasteiger partial charge in [0.15, 0.2) is 11.0 Å². The van der Waals surface area contributed by atoms with Crippen LogP contribution in [0, 0.1) is 0 Å². The van der Waals surface area contributed by atoms with E-state index >= 15 is 0 Å². The minimum atomic E-state index is 0.00180. The summed E-state index contributed by atoms with van der Waals surface area (Å²) in [7, 11) is 0. The number of benzene rings is 1. The van der Waals surface area contributed by atoms with Gasteiger partial charge < -0.3 is 14.8 Å². The number of aromatic nitrogens is 3. The summed E-state index contributed by atoms with van der Waals surface area (Å²) in [5.74, 6) is 1.19. The van der Waals surface area contributed by atoms with Gasteiger partial charge in [-0.1, -0.05) is 30.0 Å². The van der Waals surface area contributed by atoms with Crippen LogP contribution in [0.3, 0.4) is 0 Å². The number of anilines is 1. The van der Waals surface area contributed by atoms with Gasteiger partial charge >= 0.3 is 0 Å². The lowest BCUT2D eigenvalue weighted by molar-refractivity contribution is -0.118. The molecule has 1 aromatic carbocycles. The molecule has 6 nitrogen and oxygen atoms in total. The van der Waals surface area contributed by atoms with Crippen LogP contribution in [-0.4, -0.2) is 39.5 Å². The van der Waals surface area contributed by atoms with Gasteiger partial charge in [-0.2, -0.15) is 0 Å². The third-order valence-electron chi connectivity index (χ3n) is 5.00. The van der Waals surface area contributed by atoms with E-state index in [9.17, 15) is 4.79 Å². The second kappa shape index (κ2) is 9.45. The quantitative estimate of drug-likeness (QED) is 0.550. The third kappa shape index (κ3) is 4.82. The van der Waals surface area contributed by atoms with Crippen molar-refractivity contribution in [2.75, 3.05) is 23.7 Å². The molecule has 8 heteroatoms. The van der Waals surface area contributed by atoms with Crippen molar-refractivity contribution in [3.8, 4) is 10.7 Å². The zero-order chi connectivity index (χ0) is 20.1. The van der Waals surface area contributed by atoms with Crippen LogP contribution in [0.4, 0.5) is 5.69 Å². The van der Waals surface area contributed by atoms with E-state index < -0.39 is 0 Å². The van der Waals surface area contributed by atoms with E-state index in [4.69, 9.17) is 0 Å². The summed E-state index contributed by atoms with van der Waals surface area (Å²) in [6.07, 6.45) is 2.55. The van der Waals surface area contributed by atoms with E-state index in [1.54, 1.807) is 11.3 Å². The zero-order valence-electron chi connectivity index (χ0n) is 16.5. The molecule has 2 aromatic heterocycles. The number of thiophene rings is 1. The minimum Gasteiger partial charge on any atom is -0.372 e. The average Bonchev–Trinajstić information content (AvgIpc) is 3.52. The number of nitrogens with zero attached hydrogens (tertiary/aromatic N) is 4. The fourth-order valence-electron chi connectivity index (χ4n) is 3.45. The highest BCUT2D eigenvalue weighted by Crippen LogP contribution is 2.27. The molecule has 0 bridgehead atoms. The average molecular weight is 428 g/mol. The first-order valence-electron chi connectivity index (χ1n) is 9.95. The van der Waals surface area contributed by atoms with Crippen molar-refractivity contribution in [2.45, 2.75) is 38.0 Å². The fraction of sp³-hybridized carbons (Fsp3) is 0.381. The van der Waals surface area contributed by atoms with E-state index in [0.717, 1.165) is 41.1 Å². The highest BCUT2D eigenvalue weighted by atomic mass is 32.2. The number of nitrogens with one attached hydrogen (secondary N) is 1. The Labute approximate surface area is 179 Å². The van der Waals surface area contributed by atoms with Crippen LogP contribution >= 0.6 is 23.1 Å². The van der Waals surface area contributed by atoms with Crippen LogP contribution in [0.2, 0.25) is 0 Å². The predicted octanol–water partition coefficient (Wildman–Crippen LogP) is 4.04. The molecule has 0 unspecified atom stereocenters. The van der Waals surface area contributed by atoms with Crippen molar-refractivity contribution in [3.05, 3.63) is 47.3 Å². The minimum absolute atomic E-state index is 0.00180. The Kier molecular flexibility index (Phi) is 6.51. The molecular weight excluding hydrogens is 402 g/mol. The lowest BCUT2D eigenvalue weighted by atomic mass is 10.2. The standard InChI is InChI=1S/C21H25N5OS2/c1-2-26-20(18-6-5-13-28-18)23-24-21(26)29-15-19(27)22-14-16-7-9-17(10-8-16)25-11-3-4-12-25/h5-10,13H,2-4,11-12,14-15H2,1H3,(H,22,27). The second-order valence-corrected chi connectivity index (χ2v) is 8.84. The number of carbonyl (C=O) groups is 1. The zero-order valence-corrected chi connectivity index (χ0v) is 18.1. The highest BCUT2D eigenvalue weighted by Gasteiger charge is 2.15. The number of hydrogen-bond donors (Lipinski definition) is 1. The molecule has 0 aliphatic carbocycles. The maximum absolute atomic E-state index is 12.3. The van der Waals surface area contributed by atoms with E-state index in [0.29, 0.717) is 12.3 Å². The molecule has 0 spiro atoms. The molecule has 0 atom stereocenters. The fourth-order valence-corrected chi connectivity index (χ4v) is 5.00. The molecule has 1 aliphatic heterocycles. The Balaban J connectivity index is 1.28. The SMILES string of the molecule is CCn1c(SCC(=O)NCc2ccc(N3CCCC3)cc2)nnc1-c1cccs1. The first-order valence-corrected chi connectivity index (χ1v) is 11.8. The molecule has 3 heterocycles. The van der Waals surface area contributed by atoms with E-state index in [1.807, 2.05) is 17.5 Å². The number of carbonyl (C=O) groups excluding carboxylic acids is 1. The van der Waals surface area contributed by atoms with Crippen LogP contribution in [0.15, 0.2) is 46.9 Å². The van der Waals surface area contributed by atoms with Crippen molar-refractivity contribution in [2.24, 2.45) is 0 Å². The van der Waals surface area contributed by atoms with Gasteiger partial charge in [-0.3, -0.25) is 4.79 Å².